The van der Waals surface area contributed by atoms with Gasteiger partial charge in [0.1, 0.15) is 23.9 Å². The van der Waals surface area contributed by atoms with Crippen molar-refractivity contribution < 1.29 is 14.4 Å². The predicted octanol–water partition coefficient (Wildman–Crippen LogP) is 7.04. The predicted molar refractivity (Wildman–Crippen MR) is 149 cm³/mol. The molecular weight excluding hydrogens is 498 g/mol. The standard InChI is InChI=1S/C31H30ClN3O3/c32-25-3-5-26(6-4-25)37-18-17-35-15-11-21(12-16-35)30-20-28(31(38-30)22-9-13-33-14-10-22)24-1-7-27-23(19-24)2-8-29(27)34-36/h1,3-7,9-10,13-14,19-21,36H,2,8,11-12,15-18H2/b34-29+. The molecule has 0 unspecified atom stereocenters. The van der Waals surface area contributed by atoms with E-state index in [0.717, 1.165) is 90.6 Å². The van der Waals surface area contributed by atoms with E-state index in [2.05, 4.69) is 39.3 Å². The Morgan fingerprint density at radius 1 is 0.947 bits per heavy atom. The highest BCUT2D eigenvalue weighted by atomic mass is 35.5. The molecular formula is C31H30ClN3O3. The summed E-state index contributed by atoms with van der Waals surface area (Å²) in [5, 5.41) is 13.5. The van der Waals surface area contributed by atoms with Gasteiger partial charge in [0.25, 0.3) is 0 Å². The van der Waals surface area contributed by atoms with Gasteiger partial charge in [-0.3, -0.25) is 9.88 Å². The van der Waals surface area contributed by atoms with E-state index in [9.17, 15) is 5.21 Å². The molecule has 194 valence electrons. The number of aryl methyl sites for hydroxylation is 1. The van der Waals surface area contributed by atoms with Crippen LogP contribution in [0.25, 0.3) is 22.5 Å². The Bertz CT molecular complexity index is 1420. The lowest BCUT2D eigenvalue weighted by Gasteiger charge is -2.30. The first-order chi connectivity index (χ1) is 18.7. The lowest BCUT2D eigenvalue weighted by Crippen LogP contribution is -2.35. The molecule has 4 aromatic rings. The second-order valence-corrected chi connectivity index (χ2v) is 10.4. The summed E-state index contributed by atoms with van der Waals surface area (Å²) in [4.78, 5) is 6.65. The maximum absolute atomic E-state index is 9.32. The third-order valence-electron chi connectivity index (χ3n) is 7.65. The maximum Gasteiger partial charge on any atom is 0.142 e. The van der Waals surface area contributed by atoms with Gasteiger partial charge in [-0.05, 0) is 92.4 Å². The van der Waals surface area contributed by atoms with Gasteiger partial charge >= 0.3 is 0 Å². The van der Waals surface area contributed by atoms with Crippen LogP contribution in [0.15, 0.2) is 82.6 Å². The molecule has 0 radical (unpaired) electrons. The number of piperidine rings is 1. The minimum Gasteiger partial charge on any atom is -0.492 e. The van der Waals surface area contributed by atoms with Crippen molar-refractivity contribution in [3.63, 3.8) is 0 Å². The van der Waals surface area contributed by atoms with Crippen molar-refractivity contribution in [1.29, 1.82) is 0 Å². The number of fused-ring (bicyclic) bond motifs is 1. The van der Waals surface area contributed by atoms with Crippen molar-refractivity contribution in [1.82, 2.24) is 9.88 Å². The van der Waals surface area contributed by atoms with Crippen LogP contribution in [0.5, 0.6) is 5.75 Å². The van der Waals surface area contributed by atoms with Crippen molar-refractivity contribution in [2.45, 2.75) is 31.6 Å². The van der Waals surface area contributed by atoms with Crippen molar-refractivity contribution in [3.05, 3.63) is 95.0 Å². The van der Waals surface area contributed by atoms with E-state index in [1.165, 1.54) is 5.56 Å². The van der Waals surface area contributed by atoms with Crippen LogP contribution in [0.2, 0.25) is 5.02 Å². The first-order valence-electron chi connectivity index (χ1n) is 13.2. The molecule has 1 aliphatic heterocycles. The van der Waals surface area contributed by atoms with Gasteiger partial charge in [-0.25, -0.2) is 0 Å². The fourth-order valence-corrected chi connectivity index (χ4v) is 5.68. The van der Waals surface area contributed by atoms with Crippen LogP contribution in [0.1, 0.15) is 42.1 Å². The van der Waals surface area contributed by atoms with E-state index in [1.807, 2.05) is 36.4 Å². The molecule has 2 aliphatic rings. The summed E-state index contributed by atoms with van der Waals surface area (Å²) < 4.78 is 12.5. The summed E-state index contributed by atoms with van der Waals surface area (Å²) in [6.45, 7) is 3.58. The minimum atomic E-state index is 0.375. The zero-order valence-electron chi connectivity index (χ0n) is 21.1. The van der Waals surface area contributed by atoms with Gasteiger partial charge in [-0.15, -0.1) is 0 Å². The van der Waals surface area contributed by atoms with Crippen molar-refractivity contribution in [2.75, 3.05) is 26.2 Å². The monoisotopic (exact) mass is 527 g/mol. The first kappa shape index (κ1) is 24.7. The molecule has 7 heteroatoms. The Morgan fingerprint density at radius 3 is 2.50 bits per heavy atom. The zero-order chi connectivity index (χ0) is 25.9. The van der Waals surface area contributed by atoms with Crippen LogP contribution in [0.3, 0.4) is 0 Å². The Labute approximate surface area is 227 Å². The molecule has 1 saturated heterocycles. The molecule has 3 heterocycles. The zero-order valence-corrected chi connectivity index (χ0v) is 21.9. The molecule has 0 saturated carbocycles. The average molecular weight is 528 g/mol. The van der Waals surface area contributed by atoms with Crippen molar-refractivity contribution in [2.24, 2.45) is 5.16 Å². The van der Waals surface area contributed by atoms with E-state index < -0.39 is 0 Å². The van der Waals surface area contributed by atoms with E-state index in [1.54, 1.807) is 12.4 Å². The number of halogens is 1. The van der Waals surface area contributed by atoms with Gasteiger partial charge in [0.2, 0.25) is 0 Å². The molecule has 1 N–H and O–H groups in total. The van der Waals surface area contributed by atoms with E-state index in [-0.39, 0.29) is 0 Å². The van der Waals surface area contributed by atoms with Crippen molar-refractivity contribution >= 4 is 17.3 Å². The summed E-state index contributed by atoms with van der Waals surface area (Å²) in [6.07, 6.45) is 7.36. The number of furan rings is 1. The first-order valence-corrected chi connectivity index (χ1v) is 13.5. The number of oxime groups is 1. The summed E-state index contributed by atoms with van der Waals surface area (Å²) >= 11 is 5.96. The molecule has 6 nitrogen and oxygen atoms in total. The quantitative estimate of drug-likeness (QED) is 0.206. The van der Waals surface area contributed by atoms with E-state index in [0.29, 0.717) is 17.5 Å². The maximum atomic E-state index is 9.32. The number of aromatic nitrogens is 1. The Morgan fingerprint density at radius 2 is 1.74 bits per heavy atom. The van der Waals surface area contributed by atoms with Crippen LogP contribution in [-0.2, 0) is 6.42 Å². The number of likely N-dealkylation sites (tertiary alicyclic amines) is 1. The normalized spacial score (nSPS) is 17.1. The van der Waals surface area contributed by atoms with Gasteiger partial charge in [-0.2, -0.15) is 0 Å². The number of ether oxygens (including phenoxy) is 1. The number of hydrogen-bond donors (Lipinski definition) is 1. The molecule has 1 aliphatic carbocycles. The van der Waals surface area contributed by atoms with Crippen LogP contribution < -0.4 is 4.74 Å². The average Bonchev–Trinajstić information content (AvgIpc) is 3.59. The van der Waals surface area contributed by atoms with Gasteiger partial charge in [-0.1, -0.05) is 35.0 Å². The number of pyridine rings is 1. The highest BCUT2D eigenvalue weighted by molar-refractivity contribution is 6.30. The van der Waals surface area contributed by atoms with Gasteiger partial charge < -0.3 is 14.4 Å². The molecule has 0 bridgehead atoms. The van der Waals surface area contributed by atoms with Crippen LogP contribution in [0, 0.1) is 0 Å². The van der Waals surface area contributed by atoms with E-state index in [4.69, 9.17) is 20.8 Å². The fraction of sp³-hybridized carbons (Fsp3) is 0.290. The molecule has 0 spiro atoms. The molecule has 6 rings (SSSR count). The number of hydrogen-bond acceptors (Lipinski definition) is 6. The topological polar surface area (TPSA) is 71.1 Å². The largest absolute Gasteiger partial charge is 0.492 e. The van der Waals surface area contributed by atoms with Gasteiger partial charge in [0, 0.05) is 46.6 Å². The van der Waals surface area contributed by atoms with Crippen molar-refractivity contribution in [3.8, 4) is 28.2 Å². The lowest BCUT2D eigenvalue weighted by atomic mass is 9.93. The van der Waals surface area contributed by atoms with Crippen LogP contribution in [0.4, 0.5) is 0 Å². The SMILES string of the molecule is O/N=C1\CCc2cc(-c3cc(C4CCN(CCOc5ccc(Cl)cc5)CC4)oc3-c3ccncc3)ccc21. The van der Waals surface area contributed by atoms with Gasteiger partial charge in [0.15, 0.2) is 0 Å². The fourth-order valence-electron chi connectivity index (χ4n) is 5.55. The molecule has 0 atom stereocenters. The smallest absolute Gasteiger partial charge is 0.142 e. The lowest BCUT2D eigenvalue weighted by molar-refractivity contribution is 0.168. The highest BCUT2D eigenvalue weighted by Gasteiger charge is 2.26. The molecule has 2 aromatic carbocycles. The second-order valence-electron chi connectivity index (χ2n) is 9.96. The van der Waals surface area contributed by atoms with Gasteiger partial charge in [0.05, 0.1) is 5.71 Å². The summed E-state index contributed by atoms with van der Waals surface area (Å²) in [5.41, 5.74) is 6.27. The molecule has 2 aromatic heterocycles. The molecule has 0 amide bonds. The number of rotatable bonds is 7. The number of benzene rings is 2. The Hall–Kier alpha value is -3.61. The third-order valence-corrected chi connectivity index (χ3v) is 7.90. The molecule has 38 heavy (non-hydrogen) atoms. The van der Waals surface area contributed by atoms with E-state index >= 15 is 0 Å². The minimum absolute atomic E-state index is 0.375. The highest BCUT2D eigenvalue weighted by Crippen LogP contribution is 2.41. The second kappa shape index (κ2) is 11.0. The summed E-state index contributed by atoms with van der Waals surface area (Å²) in [5.74, 6) is 3.15. The van der Waals surface area contributed by atoms with Crippen LogP contribution in [-0.4, -0.2) is 47.0 Å². The number of nitrogens with zero attached hydrogens (tertiary/aromatic N) is 3. The Kier molecular flexibility index (Phi) is 7.16. The Balaban J connectivity index is 1.17. The summed E-state index contributed by atoms with van der Waals surface area (Å²) in [7, 11) is 0. The summed E-state index contributed by atoms with van der Waals surface area (Å²) in [6, 6.07) is 20.1. The van der Waals surface area contributed by atoms with Crippen LogP contribution >= 0.6 is 11.6 Å². The third kappa shape index (κ3) is 5.19. The molecule has 1 fully saturated rings.